The first kappa shape index (κ1) is 15.5. The smallest absolute Gasteiger partial charge is 0.308 e. The van der Waals surface area contributed by atoms with Crippen LogP contribution in [0.15, 0.2) is 47.8 Å². The second-order valence-corrected chi connectivity index (χ2v) is 6.36. The molecule has 1 aromatic rings. The number of fused-ring (bicyclic) bond motifs is 2. The fourth-order valence-electron chi connectivity index (χ4n) is 3.85. The Bertz CT molecular complexity index is 689. The number of rotatable bonds is 4. The lowest BCUT2D eigenvalue weighted by Crippen LogP contribution is -2.39. The zero-order chi connectivity index (χ0) is 16.6. The molecule has 1 aromatic heterocycles. The number of hydrogen-bond acceptors (Lipinski definition) is 3. The molecule has 1 heterocycles. The van der Waals surface area contributed by atoms with E-state index in [1.165, 1.54) is 0 Å². The van der Waals surface area contributed by atoms with Gasteiger partial charge in [0, 0.05) is 30.8 Å². The van der Waals surface area contributed by atoms with Crippen LogP contribution in [0.4, 0.5) is 0 Å². The summed E-state index contributed by atoms with van der Waals surface area (Å²) in [5, 5.41) is 12.5. The van der Waals surface area contributed by atoms with Gasteiger partial charge in [-0.3, -0.25) is 14.6 Å². The molecule has 1 fully saturated rings. The van der Waals surface area contributed by atoms with Gasteiger partial charge in [-0.2, -0.15) is 0 Å². The molecule has 2 N–H and O–H groups in total. The van der Waals surface area contributed by atoms with Gasteiger partial charge in [0.15, 0.2) is 0 Å². The first-order valence-corrected chi connectivity index (χ1v) is 7.75. The van der Waals surface area contributed by atoms with E-state index in [-0.39, 0.29) is 17.7 Å². The number of hydrogen-bond donors (Lipinski definition) is 2. The summed E-state index contributed by atoms with van der Waals surface area (Å²) in [5.74, 6) is -2.57. The Kier molecular flexibility index (Phi) is 4.03. The molecular weight excluding hydrogens is 292 g/mol. The number of carbonyl (C=O) groups excluding carboxylic acids is 1. The molecular formula is C18H20N2O3. The van der Waals surface area contributed by atoms with Gasteiger partial charge in [0.1, 0.15) is 0 Å². The molecule has 1 amide bonds. The van der Waals surface area contributed by atoms with E-state index in [9.17, 15) is 14.7 Å². The number of nitrogens with one attached hydrogen (secondary N) is 1. The van der Waals surface area contributed by atoms with E-state index in [4.69, 9.17) is 0 Å². The Morgan fingerprint density at radius 1 is 1.22 bits per heavy atom. The number of nitrogens with zero attached hydrogens (tertiary/aromatic N) is 1. The van der Waals surface area contributed by atoms with Crippen LogP contribution in [0.25, 0.3) is 0 Å². The summed E-state index contributed by atoms with van der Waals surface area (Å²) in [5.41, 5.74) is 3.10. The summed E-state index contributed by atoms with van der Waals surface area (Å²) < 4.78 is 0. The van der Waals surface area contributed by atoms with Crippen molar-refractivity contribution in [3.8, 4) is 0 Å². The Morgan fingerprint density at radius 2 is 1.91 bits per heavy atom. The summed E-state index contributed by atoms with van der Waals surface area (Å²) >= 11 is 0. The monoisotopic (exact) mass is 312 g/mol. The van der Waals surface area contributed by atoms with Crippen LogP contribution in [-0.2, 0) is 16.1 Å². The molecule has 0 aromatic carbocycles. The quantitative estimate of drug-likeness (QED) is 0.835. The average Bonchev–Trinajstić information content (AvgIpc) is 3.09. The van der Waals surface area contributed by atoms with E-state index < -0.39 is 17.8 Å². The predicted octanol–water partition coefficient (Wildman–Crippen LogP) is 2.17. The normalized spacial score (nSPS) is 28.0. The Hall–Kier alpha value is -2.43. The fraction of sp³-hybridized carbons (Fsp3) is 0.389. The van der Waals surface area contributed by atoms with Crippen LogP contribution < -0.4 is 5.32 Å². The molecule has 2 aliphatic rings. The van der Waals surface area contributed by atoms with Crippen molar-refractivity contribution < 1.29 is 14.7 Å². The lowest BCUT2D eigenvalue weighted by Gasteiger charge is -2.23. The fourth-order valence-corrected chi connectivity index (χ4v) is 3.85. The number of carboxylic acid groups (broad SMARTS) is 1. The minimum absolute atomic E-state index is 0.0972. The molecule has 2 aliphatic carbocycles. The number of amides is 1. The topological polar surface area (TPSA) is 79.3 Å². The zero-order valence-electron chi connectivity index (χ0n) is 13.2. The van der Waals surface area contributed by atoms with E-state index in [0.29, 0.717) is 6.54 Å². The molecule has 5 nitrogen and oxygen atoms in total. The molecule has 23 heavy (non-hydrogen) atoms. The lowest BCUT2D eigenvalue weighted by atomic mass is 9.82. The van der Waals surface area contributed by atoms with Crippen LogP contribution in [0.1, 0.15) is 19.4 Å². The van der Waals surface area contributed by atoms with Gasteiger partial charge < -0.3 is 10.4 Å². The molecule has 0 unspecified atom stereocenters. The van der Waals surface area contributed by atoms with Gasteiger partial charge in [-0.25, -0.2) is 0 Å². The molecule has 0 aliphatic heterocycles. The van der Waals surface area contributed by atoms with Crippen molar-refractivity contribution in [2.24, 2.45) is 23.7 Å². The van der Waals surface area contributed by atoms with E-state index in [2.05, 4.69) is 10.3 Å². The highest BCUT2D eigenvalue weighted by Gasteiger charge is 2.54. The van der Waals surface area contributed by atoms with Crippen molar-refractivity contribution in [2.45, 2.75) is 20.4 Å². The SMILES string of the molecule is CC(C)=C1[C@H]2C=C[C@H]1[C@@H](C(=O)O)[C@H]2C(=O)NCc1cccnc1. The van der Waals surface area contributed by atoms with Crippen molar-refractivity contribution in [3.05, 3.63) is 53.4 Å². The molecule has 120 valence electrons. The summed E-state index contributed by atoms with van der Waals surface area (Å²) in [6.07, 6.45) is 7.29. The van der Waals surface area contributed by atoms with E-state index in [1.807, 2.05) is 38.1 Å². The van der Waals surface area contributed by atoms with E-state index in [0.717, 1.165) is 16.7 Å². The number of aliphatic carboxylic acids is 1. The third kappa shape index (κ3) is 2.67. The van der Waals surface area contributed by atoms with E-state index >= 15 is 0 Å². The maximum Gasteiger partial charge on any atom is 0.308 e. The molecule has 0 spiro atoms. The Labute approximate surface area is 135 Å². The van der Waals surface area contributed by atoms with Gasteiger partial charge >= 0.3 is 5.97 Å². The number of allylic oxidation sites excluding steroid dienone is 4. The van der Waals surface area contributed by atoms with Gasteiger partial charge in [-0.15, -0.1) is 0 Å². The molecule has 3 rings (SSSR count). The summed E-state index contributed by atoms with van der Waals surface area (Å²) in [6, 6.07) is 3.69. The predicted molar refractivity (Wildman–Crippen MR) is 85.2 cm³/mol. The molecule has 5 heteroatoms. The molecule has 0 saturated heterocycles. The van der Waals surface area contributed by atoms with E-state index in [1.54, 1.807) is 12.4 Å². The second-order valence-electron chi connectivity index (χ2n) is 6.36. The minimum atomic E-state index is -0.901. The highest BCUT2D eigenvalue weighted by Crippen LogP contribution is 2.53. The van der Waals surface area contributed by atoms with Crippen molar-refractivity contribution in [1.82, 2.24) is 10.3 Å². The summed E-state index contributed by atoms with van der Waals surface area (Å²) in [6.45, 7) is 4.33. The molecule has 2 bridgehead atoms. The Morgan fingerprint density at radius 3 is 2.48 bits per heavy atom. The molecule has 0 radical (unpaired) electrons. The van der Waals surface area contributed by atoms with Crippen LogP contribution in [0.2, 0.25) is 0 Å². The summed E-state index contributed by atoms with van der Waals surface area (Å²) in [4.78, 5) is 28.4. The Balaban J connectivity index is 1.80. The lowest BCUT2D eigenvalue weighted by molar-refractivity contribution is -0.147. The first-order chi connectivity index (χ1) is 11.0. The maximum absolute atomic E-state index is 12.6. The van der Waals surface area contributed by atoms with Crippen LogP contribution in [-0.4, -0.2) is 22.0 Å². The summed E-state index contributed by atoms with van der Waals surface area (Å²) in [7, 11) is 0. The van der Waals surface area contributed by atoms with Crippen molar-refractivity contribution >= 4 is 11.9 Å². The first-order valence-electron chi connectivity index (χ1n) is 7.75. The molecule has 4 atom stereocenters. The maximum atomic E-state index is 12.6. The number of carboxylic acids is 1. The van der Waals surface area contributed by atoms with Crippen molar-refractivity contribution in [2.75, 3.05) is 0 Å². The highest BCUT2D eigenvalue weighted by molar-refractivity contribution is 5.88. The average molecular weight is 312 g/mol. The van der Waals surface area contributed by atoms with Gasteiger partial charge in [0.05, 0.1) is 11.8 Å². The minimum Gasteiger partial charge on any atom is -0.481 e. The number of carbonyl (C=O) groups is 2. The van der Waals surface area contributed by atoms with Crippen LogP contribution in [0.5, 0.6) is 0 Å². The second kappa shape index (κ2) is 5.99. The zero-order valence-corrected chi connectivity index (χ0v) is 13.2. The van der Waals surface area contributed by atoms with Gasteiger partial charge in [-0.1, -0.05) is 29.4 Å². The van der Waals surface area contributed by atoms with Crippen molar-refractivity contribution in [1.29, 1.82) is 0 Å². The highest BCUT2D eigenvalue weighted by atomic mass is 16.4. The van der Waals surface area contributed by atoms with Crippen LogP contribution in [0.3, 0.4) is 0 Å². The third-order valence-electron chi connectivity index (χ3n) is 4.76. The van der Waals surface area contributed by atoms with Gasteiger partial charge in [0.2, 0.25) is 5.91 Å². The standard InChI is InChI=1S/C18H20N2O3/c1-10(2)14-12-5-6-13(14)16(18(22)23)15(12)17(21)20-9-11-4-3-7-19-8-11/h3-8,12-13,15-16H,9H2,1-2H3,(H,20,21)(H,22,23)/t12-,13-,15+,16-/m1/s1. The van der Waals surface area contributed by atoms with Crippen molar-refractivity contribution in [3.63, 3.8) is 0 Å². The largest absolute Gasteiger partial charge is 0.481 e. The number of pyridine rings is 1. The van der Waals surface area contributed by atoms with Crippen LogP contribution >= 0.6 is 0 Å². The number of aromatic nitrogens is 1. The van der Waals surface area contributed by atoms with Gasteiger partial charge in [-0.05, 0) is 25.5 Å². The third-order valence-corrected chi connectivity index (χ3v) is 4.76. The van der Waals surface area contributed by atoms with Gasteiger partial charge in [0.25, 0.3) is 0 Å². The van der Waals surface area contributed by atoms with Crippen LogP contribution in [0, 0.1) is 23.7 Å². The molecule has 1 saturated carbocycles.